The molecule has 0 saturated carbocycles. The summed E-state index contributed by atoms with van der Waals surface area (Å²) < 4.78 is 6.76. The van der Waals surface area contributed by atoms with Crippen LogP contribution in [0.4, 0.5) is 0 Å². The number of carbonyl (C=O) groups excluding carboxylic acids is 1. The molecule has 0 spiro atoms. The van der Waals surface area contributed by atoms with Gasteiger partial charge >= 0.3 is 0 Å². The lowest BCUT2D eigenvalue weighted by atomic mass is 9.88. The smallest absolute Gasteiger partial charge is 0.258 e. The second-order valence-corrected chi connectivity index (χ2v) is 7.16. The Bertz CT molecular complexity index is 734. The molecule has 2 aromatic carbocycles. The summed E-state index contributed by atoms with van der Waals surface area (Å²) in [5.74, 6) is 0.655. The summed E-state index contributed by atoms with van der Waals surface area (Å²) in [7, 11) is 0. The van der Waals surface area contributed by atoms with Gasteiger partial charge in [-0.25, -0.2) is 0 Å². The maximum atomic E-state index is 12.3. The third kappa shape index (κ3) is 3.81. The van der Waals surface area contributed by atoms with Crippen LogP contribution in [0.1, 0.15) is 41.1 Å². The maximum Gasteiger partial charge on any atom is 0.258 e. The van der Waals surface area contributed by atoms with Gasteiger partial charge in [-0.1, -0.05) is 40.2 Å². The molecule has 4 heteroatoms. The second-order valence-electron chi connectivity index (χ2n) is 6.37. The van der Waals surface area contributed by atoms with Crippen LogP contribution >= 0.6 is 15.9 Å². The van der Waals surface area contributed by atoms with Gasteiger partial charge in [0.05, 0.1) is 6.04 Å². The van der Waals surface area contributed by atoms with Crippen molar-refractivity contribution < 1.29 is 9.53 Å². The molecule has 1 aliphatic carbocycles. The highest BCUT2D eigenvalue weighted by Gasteiger charge is 2.21. The second kappa shape index (κ2) is 7.39. The first-order chi connectivity index (χ1) is 11.5. The van der Waals surface area contributed by atoms with Crippen molar-refractivity contribution in [1.29, 1.82) is 0 Å². The van der Waals surface area contributed by atoms with Crippen LogP contribution in [0, 0.1) is 13.8 Å². The van der Waals surface area contributed by atoms with Gasteiger partial charge in [0.15, 0.2) is 6.61 Å². The molecular weight excluding hydrogens is 366 g/mol. The Morgan fingerprint density at radius 2 is 1.96 bits per heavy atom. The molecule has 3 rings (SSSR count). The highest BCUT2D eigenvalue weighted by molar-refractivity contribution is 9.10. The standard InChI is InChI=1S/C20H22BrNO2/c1-13-10-16(11-14(2)20(13)21)24-12-19(23)22-18-9-5-7-15-6-3-4-8-17(15)18/h3-4,6,8,10-11,18H,5,7,9,12H2,1-2H3,(H,22,23)/t18-/m0/s1. The minimum absolute atomic E-state index is 0.0409. The minimum atomic E-state index is -0.0741. The minimum Gasteiger partial charge on any atom is -0.484 e. The number of halogens is 1. The van der Waals surface area contributed by atoms with E-state index in [-0.39, 0.29) is 18.6 Å². The van der Waals surface area contributed by atoms with Gasteiger partial charge < -0.3 is 10.1 Å². The SMILES string of the molecule is Cc1cc(OCC(=O)N[C@H]2CCCc3ccccc32)cc(C)c1Br. The summed E-state index contributed by atoms with van der Waals surface area (Å²) in [4.78, 5) is 12.3. The molecule has 1 amide bonds. The van der Waals surface area contributed by atoms with Crippen LogP contribution < -0.4 is 10.1 Å². The summed E-state index contributed by atoms with van der Waals surface area (Å²) in [6, 6.07) is 12.3. The molecule has 0 heterocycles. The molecule has 1 atom stereocenters. The van der Waals surface area contributed by atoms with E-state index >= 15 is 0 Å². The molecule has 24 heavy (non-hydrogen) atoms. The molecule has 126 valence electrons. The van der Waals surface area contributed by atoms with Gasteiger partial charge in [0, 0.05) is 4.47 Å². The Balaban J connectivity index is 1.61. The lowest BCUT2D eigenvalue weighted by molar-refractivity contribution is -0.123. The highest BCUT2D eigenvalue weighted by atomic mass is 79.9. The van der Waals surface area contributed by atoms with Crippen LogP contribution in [0.3, 0.4) is 0 Å². The first-order valence-corrected chi connectivity index (χ1v) is 9.10. The van der Waals surface area contributed by atoms with Crippen molar-refractivity contribution in [2.75, 3.05) is 6.61 Å². The van der Waals surface area contributed by atoms with Gasteiger partial charge in [-0.15, -0.1) is 0 Å². The largest absolute Gasteiger partial charge is 0.484 e. The van der Waals surface area contributed by atoms with E-state index in [1.807, 2.05) is 32.0 Å². The van der Waals surface area contributed by atoms with E-state index in [0.717, 1.165) is 40.6 Å². The van der Waals surface area contributed by atoms with Crippen molar-refractivity contribution in [2.24, 2.45) is 0 Å². The lowest BCUT2D eigenvalue weighted by Crippen LogP contribution is -2.34. The van der Waals surface area contributed by atoms with Crippen molar-refractivity contribution in [1.82, 2.24) is 5.32 Å². The van der Waals surface area contributed by atoms with E-state index in [2.05, 4.69) is 39.4 Å². The predicted molar refractivity (Wildman–Crippen MR) is 99.4 cm³/mol. The molecule has 1 N–H and O–H groups in total. The van der Waals surface area contributed by atoms with Gasteiger partial charge in [-0.3, -0.25) is 4.79 Å². The molecule has 0 saturated heterocycles. The fraction of sp³-hybridized carbons (Fsp3) is 0.350. The van der Waals surface area contributed by atoms with Gasteiger partial charge in [-0.05, 0) is 67.5 Å². The number of hydrogen-bond donors (Lipinski definition) is 1. The van der Waals surface area contributed by atoms with Gasteiger partial charge in [-0.2, -0.15) is 0 Å². The topological polar surface area (TPSA) is 38.3 Å². The summed E-state index contributed by atoms with van der Waals surface area (Å²) >= 11 is 3.54. The number of ether oxygens (including phenoxy) is 1. The molecule has 0 aromatic heterocycles. The van der Waals surface area contributed by atoms with Crippen LogP contribution in [0.2, 0.25) is 0 Å². The third-order valence-electron chi connectivity index (χ3n) is 4.48. The monoisotopic (exact) mass is 387 g/mol. The van der Waals surface area contributed by atoms with Crippen molar-refractivity contribution in [3.63, 3.8) is 0 Å². The normalized spacial score (nSPS) is 16.4. The van der Waals surface area contributed by atoms with E-state index in [9.17, 15) is 4.79 Å². The van der Waals surface area contributed by atoms with Crippen LogP contribution in [0.25, 0.3) is 0 Å². The summed E-state index contributed by atoms with van der Waals surface area (Å²) in [6.45, 7) is 4.07. The zero-order valence-corrected chi connectivity index (χ0v) is 15.7. The molecule has 0 bridgehead atoms. The number of hydrogen-bond acceptors (Lipinski definition) is 2. The molecular formula is C20H22BrNO2. The number of amides is 1. The molecule has 3 nitrogen and oxygen atoms in total. The van der Waals surface area contributed by atoms with Crippen LogP contribution in [-0.4, -0.2) is 12.5 Å². The molecule has 0 radical (unpaired) electrons. The van der Waals surface area contributed by atoms with E-state index < -0.39 is 0 Å². The molecule has 2 aromatic rings. The third-order valence-corrected chi connectivity index (χ3v) is 5.74. The Kier molecular flexibility index (Phi) is 5.24. The number of fused-ring (bicyclic) bond motifs is 1. The summed E-state index contributed by atoms with van der Waals surface area (Å²) in [5.41, 5.74) is 4.79. The molecule has 0 fully saturated rings. The predicted octanol–water partition coefficient (Wildman–Crippen LogP) is 4.64. The Morgan fingerprint density at radius 1 is 1.25 bits per heavy atom. The van der Waals surface area contributed by atoms with Crippen LogP contribution in [0.15, 0.2) is 40.9 Å². The lowest BCUT2D eigenvalue weighted by Gasteiger charge is -2.26. The quantitative estimate of drug-likeness (QED) is 0.829. The fourth-order valence-corrected chi connectivity index (χ4v) is 3.51. The number of aryl methyl sites for hydroxylation is 3. The number of carbonyl (C=O) groups is 1. The number of rotatable bonds is 4. The van der Waals surface area contributed by atoms with E-state index in [1.54, 1.807) is 0 Å². The van der Waals surface area contributed by atoms with E-state index in [4.69, 9.17) is 4.74 Å². The number of nitrogens with one attached hydrogen (secondary N) is 1. The summed E-state index contributed by atoms with van der Waals surface area (Å²) in [6.07, 6.45) is 3.18. The van der Waals surface area contributed by atoms with Gasteiger partial charge in [0.1, 0.15) is 5.75 Å². The molecule has 0 unspecified atom stereocenters. The van der Waals surface area contributed by atoms with Crippen LogP contribution in [0.5, 0.6) is 5.75 Å². The van der Waals surface area contributed by atoms with Crippen molar-refractivity contribution in [3.05, 3.63) is 63.1 Å². The van der Waals surface area contributed by atoms with Gasteiger partial charge in [0.2, 0.25) is 0 Å². The Hall–Kier alpha value is -1.81. The van der Waals surface area contributed by atoms with Gasteiger partial charge in [0.25, 0.3) is 5.91 Å². The average molecular weight is 388 g/mol. The van der Waals surface area contributed by atoms with Crippen molar-refractivity contribution >= 4 is 21.8 Å². The highest BCUT2D eigenvalue weighted by Crippen LogP contribution is 2.29. The first kappa shape index (κ1) is 17.0. The maximum absolute atomic E-state index is 12.3. The van der Waals surface area contributed by atoms with Crippen LogP contribution in [-0.2, 0) is 11.2 Å². The summed E-state index contributed by atoms with van der Waals surface area (Å²) in [5, 5.41) is 3.11. The number of benzene rings is 2. The molecule has 0 aliphatic heterocycles. The molecule has 1 aliphatic rings. The first-order valence-electron chi connectivity index (χ1n) is 8.31. The fourth-order valence-electron chi connectivity index (χ4n) is 3.28. The zero-order chi connectivity index (χ0) is 17.1. The van der Waals surface area contributed by atoms with Crippen molar-refractivity contribution in [3.8, 4) is 5.75 Å². The van der Waals surface area contributed by atoms with E-state index in [1.165, 1.54) is 11.1 Å². The Morgan fingerprint density at radius 3 is 2.71 bits per heavy atom. The van der Waals surface area contributed by atoms with E-state index in [0.29, 0.717) is 0 Å². The Labute approximate surface area is 151 Å². The van der Waals surface area contributed by atoms with Crippen molar-refractivity contribution in [2.45, 2.75) is 39.2 Å². The average Bonchev–Trinajstić information content (AvgIpc) is 2.58. The zero-order valence-electron chi connectivity index (χ0n) is 14.1.